The van der Waals surface area contributed by atoms with Gasteiger partial charge in [-0.1, -0.05) is 55.8 Å². The molecular weight excluding hydrogens is 330 g/mol. The number of aliphatic carboxylic acids is 1. The van der Waals surface area contributed by atoms with Crippen molar-refractivity contribution in [3.05, 3.63) is 71.8 Å². The molecule has 1 unspecified atom stereocenters. The molecule has 0 saturated carbocycles. The van der Waals surface area contributed by atoms with Crippen molar-refractivity contribution in [3.8, 4) is 5.75 Å². The number of carboxylic acid groups (broad SMARTS) is 1. The normalized spacial score (nSPS) is 11.9. The highest BCUT2D eigenvalue weighted by Crippen LogP contribution is 2.16. The van der Waals surface area contributed by atoms with Crippen molar-refractivity contribution in [2.45, 2.75) is 32.4 Å². The van der Waals surface area contributed by atoms with Gasteiger partial charge >= 0.3 is 5.97 Å². The zero-order valence-corrected chi connectivity index (χ0v) is 14.7. The summed E-state index contributed by atoms with van der Waals surface area (Å²) in [6.45, 7) is 2.34. The van der Waals surface area contributed by atoms with Crippen LogP contribution in [0.15, 0.2) is 60.7 Å². The Bertz CT molecular complexity index is 756. The molecule has 5 nitrogen and oxygen atoms in total. The topological polar surface area (TPSA) is 75.6 Å². The van der Waals surface area contributed by atoms with E-state index in [0.29, 0.717) is 25.2 Å². The van der Waals surface area contributed by atoms with Gasteiger partial charge in [-0.3, -0.25) is 4.79 Å². The number of rotatable bonds is 9. The van der Waals surface area contributed by atoms with Crippen molar-refractivity contribution in [1.82, 2.24) is 5.32 Å². The Labute approximate surface area is 153 Å². The summed E-state index contributed by atoms with van der Waals surface area (Å²) in [5, 5.41) is 11.6. The molecule has 2 aromatic rings. The van der Waals surface area contributed by atoms with Crippen LogP contribution >= 0.6 is 0 Å². The van der Waals surface area contributed by atoms with Crippen LogP contribution in [-0.2, 0) is 16.2 Å². The average Bonchev–Trinajstić information content (AvgIpc) is 2.65. The molecule has 0 aromatic heterocycles. The van der Waals surface area contributed by atoms with E-state index in [9.17, 15) is 9.59 Å². The number of amides is 1. The number of benzene rings is 2. The highest BCUT2D eigenvalue weighted by atomic mass is 16.5. The van der Waals surface area contributed by atoms with E-state index in [4.69, 9.17) is 9.84 Å². The molecule has 0 aliphatic rings. The lowest BCUT2D eigenvalue weighted by molar-refractivity contribution is -0.141. The second-order valence-corrected chi connectivity index (χ2v) is 5.87. The maximum absolute atomic E-state index is 11.9. The predicted octanol–water partition coefficient (Wildman–Crippen LogP) is 3.65. The van der Waals surface area contributed by atoms with Crippen LogP contribution in [0.25, 0.3) is 6.08 Å². The number of hydrogen-bond donors (Lipinski definition) is 2. The lowest BCUT2D eigenvalue weighted by Gasteiger charge is -2.11. The number of ether oxygens (including phenoxy) is 1. The van der Waals surface area contributed by atoms with Gasteiger partial charge in [0.05, 0.1) is 0 Å². The molecule has 5 heteroatoms. The minimum Gasteiger partial charge on any atom is -0.489 e. The zero-order valence-electron chi connectivity index (χ0n) is 14.7. The summed E-state index contributed by atoms with van der Waals surface area (Å²) in [5.74, 6) is -0.753. The first-order valence-corrected chi connectivity index (χ1v) is 8.56. The lowest BCUT2D eigenvalue weighted by Crippen LogP contribution is -2.39. The van der Waals surface area contributed by atoms with E-state index in [2.05, 4.69) is 5.32 Å². The molecule has 2 aromatic carbocycles. The molecule has 2 N–H and O–H groups in total. The van der Waals surface area contributed by atoms with Crippen LogP contribution in [0.5, 0.6) is 5.75 Å². The molecule has 0 bridgehead atoms. The first-order chi connectivity index (χ1) is 12.6. The zero-order chi connectivity index (χ0) is 18.8. The lowest BCUT2D eigenvalue weighted by atomic mass is 10.1. The first kappa shape index (κ1) is 19.2. The highest BCUT2D eigenvalue weighted by molar-refractivity contribution is 5.94. The molecule has 136 valence electrons. The van der Waals surface area contributed by atoms with Gasteiger partial charge in [-0.15, -0.1) is 0 Å². The fourth-order valence-electron chi connectivity index (χ4n) is 2.39. The Hall–Kier alpha value is -3.08. The molecule has 1 amide bonds. The Balaban J connectivity index is 1.93. The summed E-state index contributed by atoms with van der Waals surface area (Å²) in [6, 6.07) is 16.4. The van der Waals surface area contributed by atoms with E-state index < -0.39 is 17.9 Å². The molecule has 0 aliphatic carbocycles. The van der Waals surface area contributed by atoms with Crippen molar-refractivity contribution >= 4 is 18.0 Å². The smallest absolute Gasteiger partial charge is 0.326 e. The summed E-state index contributed by atoms with van der Waals surface area (Å²) in [4.78, 5) is 23.0. The standard InChI is InChI=1S/C21H23NO4/c1-2-7-19(21(24)25)22-20(23)13-12-16-10-6-11-18(14-16)26-15-17-8-4-3-5-9-17/h3-6,8-14,19H,2,7,15H2,1H3,(H,22,23)(H,24,25)/b13-12+. The summed E-state index contributed by atoms with van der Waals surface area (Å²) < 4.78 is 5.76. The van der Waals surface area contributed by atoms with Gasteiger partial charge in [0.1, 0.15) is 18.4 Å². The minimum atomic E-state index is -1.02. The van der Waals surface area contributed by atoms with Crippen LogP contribution in [-0.4, -0.2) is 23.0 Å². The van der Waals surface area contributed by atoms with Crippen molar-refractivity contribution in [2.24, 2.45) is 0 Å². The molecule has 0 aliphatic heterocycles. The average molecular weight is 353 g/mol. The molecule has 26 heavy (non-hydrogen) atoms. The summed E-state index contributed by atoms with van der Waals surface area (Å²) >= 11 is 0. The number of nitrogens with one attached hydrogen (secondary N) is 1. The van der Waals surface area contributed by atoms with E-state index in [1.54, 1.807) is 6.08 Å². The van der Waals surface area contributed by atoms with Gasteiger partial charge in [-0.25, -0.2) is 4.79 Å². The Morgan fingerprint density at radius 1 is 1.15 bits per heavy atom. The minimum absolute atomic E-state index is 0.401. The molecule has 0 heterocycles. The molecule has 0 fully saturated rings. The fourth-order valence-corrected chi connectivity index (χ4v) is 2.39. The van der Waals surface area contributed by atoms with Crippen LogP contribution < -0.4 is 10.1 Å². The molecule has 0 radical (unpaired) electrons. The Kier molecular flexibility index (Phi) is 7.43. The first-order valence-electron chi connectivity index (χ1n) is 8.56. The largest absolute Gasteiger partial charge is 0.489 e. The maximum atomic E-state index is 11.9. The van der Waals surface area contributed by atoms with Crippen LogP contribution in [0, 0.1) is 0 Å². The number of carboxylic acids is 1. The van der Waals surface area contributed by atoms with Crippen LogP contribution in [0.2, 0.25) is 0 Å². The fraction of sp³-hybridized carbons (Fsp3) is 0.238. The van der Waals surface area contributed by atoms with Crippen LogP contribution in [0.4, 0.5) is 0 Å². The van der Waals surface area contributed by atoms with Crippen LogP contribution in [0.1, 0.15) is 30.9 Å². The SMILES string of the molecule is CCCC(NC(=O)/C=C/c1cccc(OCc2ccccc2)c1)C(=O)O. The number of hydrogen-bond acceptors (Lipinski definition) is 3. The van der Waals surface area contributed by atoms with Crippen LogP contribution in [0.3, 0.4) is 0 Å². The van der Waals surface area contributed by atoms with Gasteiger partial charge in [0.15, 0.2) is 0 Å². The third-order valence-electron chi connectivity index (χ3n) is 3.73. The van der Waals surface area contributed by atoms with Gasteiger partial charge in [-0.2, -0.15) is 0 Å². The highest BCUT2D eigenvalue weighted by Gasteiger charge is 2.17. The molecule has 0 saturated heterocycles. The number of carbonyl (C=O) groups is 2. The third-order valence-corrected chi connectivity index (χ3v) is 3.73. The molecule has 1 atom stereocenters. The third kappa shape index (κ3) is 6.43. The quantitative estimate of drug-likeness (QED) is 0.675. The van der Waals surface area contributed by atoms with Gasteiger partial charge < -0.3 is 15.2 Å². The Morgan fingerprint density at radius 3 is 2.62 bits per heavy atom. The summed E-state index contributed by atoms with van der Waals surface area (Å²) in [7, 11) is 0. The Morgan fingerprint density at radius 2 is 1.92 bits per heavy atom. The van der Waals surface area contributed by atoms with Crippen molar-refractivity contribution in [2.75, 3.05) is 0 Å². The van der Waals surface area contributed by atoms with Crippen molar-refractivity contribution < 1.29 is 19.4 Å². The van der Waals surface area contributed by atoms with Gasteiger partial charge in [0, 0.05) is 6.08 Å². The monoisotopic (exact) mass is 353 g/mol. The van der Waals surface area contributed by atoms with Gasteiger partial charge in [0.25, 0.3) is 0 Å². The number of carbonyl (C=O) groups excluding carboxylic acids is 1. The maximum Gasteiger partial charge on any atom is 0.326 e. The predicted molar refractivity (Wildman–Crippen MR) is 101 cm³/mol. The van der Waals surface area contributed by atoms with Crippen molar-refractivity contribution in [3.63, 3.8) is 0 Å². The second-order valence-electron chi connectivity index (χ2n) is 5.87. The molecular formula is C21H23NO4. The van der Waals surface area contributed by atoms with E-state index in [1.165, 1.54) is 6.08 Å². The van der Waals surface area contributed by atoms with E-state index in [1.807, 2.05) is 61.5 Å². The van der Waals surface area contributed by atoms with Crippen molar-refractivity contribution in [1.29, 1.82) is 0 Å². The molecule has 2 rings (SSSR count). The van der Waals surface area contributed by atoms with E-state index in [0.717, 1.165) is 11.1 Å². The summed E-state index contributed by atoms with van der Waals surface area (Å²) in [6.07, 6.45) is 4.05. The van der Waals surface area contributed by atoms with E-state index in [-0.39, 0.29) is 0 Å². The van der Waals surface area contributed by atoms with Gasteiger partial charge in [-0.05, 0) is 35.8 Å². The second kappa shape index (κ2) is 10.0. The molecule has 0 spiro atoms. The van der Waals surface area contributed by atoms with Gasteiger partial charge in [0.2, 0.25) is 5.91 Å². The summed E-state index contributed by atoms with van der Waals surface area (Å²) in [5.41, 5.74) is 1.87. The van der Waals surface area contributed by atoms with E-state index >= 15 is 0 Å².